The lowest BCUT2D eigenvalue weighted by atomic mass is 10.2. The van der Waals surface area contributed by atoms with E-state index in [9.17, 15) is 13.2 Å². The van der Waals surface area contributed by atoms with E-state index in [0.29, 0.717) is 23.7 Å². The first-order valence-corrected chi connectivity index (χ1v) is 11.4. The lowest BCUT2D eigenvalue weighted by molar-refractivity contribution is -0.132. The molecule has 2 aliphatic heterocycles. The maximum Gasteiger partial charge on any atom is 0.252 e. The fourth-order valence-electron chi connectivity index (χ4n) is 3.40. The zero-order valence-electron chi connectivity index (χ0n) is 14.8. The zero-order valence-corrected chi connectivity index (χ0v) is 16.4. The van der Waals surface area contributed by atoms with Gasteiger partial charge in [-0.2, -0.15) is 4.31 Å². The Balaban J connectivity index is 1.60. The van der Waals surface area contributed by atoms with E-state index in [-0.39, 0.29) is 5.91 Å². The lowest BCUT2D eigenvalue weighted by Crippen LogP contribution is -2.48. The van der Waals surface area contributed by atoms with Crippen LogP contribution in [0.3, 0.4) is 0 Å². The van der Waals surface area contributed by atoms with Crippen molar-refractivity contribution >= 4 is 27.3 Å². The molecule has 2 fully saturated rings. The summed E-state index contributed by atoms with van der Waals surface area (Å²) in [5, 5.41) is 0. The van der Waals surface area contributed by atoms with Gasteiger partial charge in [0.25, 0.3) is 10.0 Å². The molecule has 1 aromatic heterocycles. The maximum atomic E-state index is 12.7. The molecule has 0 bridgehead atoms. The number of carbonyl (C=O) groups is 1. The van der Waals surface area contributed by atoms with E-state index in [1.807, 2.05) is 4.90 Å². The summed E-state index contributed by atoms with van der Waals surface area (Å²) >= 11 is 1.24. The quantitative estimate of drug-likeness (QED) is 0.773. The number of nitrogens with zero attached hydrogens (tertiary/aromatic N) is 3. The van der Waals surface area contributed by atoms with Crippen LogP contribution in [0.1, 0.15) is 31.1 Å². The molecule has 6 nitrogen and oxygen atoms in total. The van der Waals surface area contributed by atoms with Crippen LogP contribution in [0, 0.1) is 0 Å². The Morgan fingerprint density at radius 1 is 1.04 bits per heavy atom. The topological polar surface area (TPSA) is 60.9 Å². The van der Waals surface area contributed by atoms with Crippen LogP contribution in [0.5, 0.6) is 0 Å². The van der Waals surface area contributed by atoms with Crippen molar-refractivity contribution in [2.75, 3.05) is 45.8 Å². The summed E-state index contributed by atoms with van der Waals surface area (Å²) in [4.78, 5) is 17.5. The van der Waals surface area contributed by atoms with E-state index < -0.39 is 10.0 Å². The van der Waals surface area contributed by atoms with E-state index in [0.717, 1.165) is 56.9 Å². The Kier molecular flexibility index (Phi) is 6.14. The second-order valence-electron chi connectivity index (χ2n) is 6.68. The van der Waals surface area contributed by atoms with Crippen molar-refractivity contribution in [3.8, 4) is 0 Å². The maximum absolute atomic E-state index is 12.7. The highest BCUT2D eigenvalue weighted by Crippen LogP contribution is 2.27. The summed E-state index contributed by atoms with van der Waals surface area (Å²) in [5.41, 5.74) is 0. The number of piperidine rings is 1. The summed E-state index contributed by atoms with van der Waals surface area (Å²) in [7, 11) is -3.39. The molecule has 25 heavy (non-hydrogen) atoms. The summed E-state index contributed by atoms with van der Waals surface area (Å²) in [5.74, 6) is 0.0968. The van der Waals surface area contributed by atoms with Gasteiger partial charge in [-0.15, -0.1) is 11.3 Å². The van der Waals surface area contributed by atoms with Crippen LogP contribution in [0.2, 0.25) is 0 Å². The number of rotatable bonds is 5. The first-order chi connectivity index (χ1) is 12.0. The van der Waals surface area contributed by atoms with Crippen LogP contribution in [0.25, 0.3) is 0 Å². The predicted molar refractivity (Wildman–Crippen MR) is 99.3 cm³/mol. The monoisotopic (exact) mass is 385 g/mol. The zero-order chi connectivity index (χ0) is 17.9. The molecule has 0 spiro atoms. The van der Waals surface area contributed by atoms with E-state index in [2.05, 4.69) is 11.8 Å². The average molecular weight is 386 g/mol. The number of hydrogen-bond donors (Lipinski definition) is 0. The van der Waals surface area contributed by atoms with Crippen LogP contribution in [-0.4, -0.2) is 74.2 Å². The number of piperazine rings is 1. The third-order valence-electron chi connectivity index (χ3n) is 5.04. The van der Waals surface area contributed by atoms with Crippen molar-refractivity contribution in [1.82, 2.24) is 14.1 Å². The number of hydrogen-bond acceptors (Lipinski definition) is 5. The summed E-state index contributed by atoms with van der Waals surface area (Å²) in [6.07, 6.45) is 3.26. The van der Waals surface area contributed by atoms with Gasteiger partial charge in [-0.1, -0.05) is 13.3 Å². The third kappa shape index (κ3) is 4.42. The third-order valence-corrected chi connectivity index (χ3v) is 8.50. The van der Waals surface area contributed by atoms with Gasteiger partial charge >= 0.3 is 0 Å². The molecular formula is C17H27N3O3S2. The van der Waals surface area contributed by atoms with Crippen molar-refractivity contribution in [3.05, 3.63) is 17.0 Å². The molecule has 0 N–H and O–H groups in total. The van der Waals surface area contributed by atoms with Gasteiger partial charge in [-0.05, 0) is 31.5 Å². The molecule has 0 unspecified atom stereocenters. The molecule has 3 heterocycles. The van der Waals surface area contributed by atoms with E-state index in [1.54, 1.807) is 16.4 Å². The van der Waals surface area contributed by atoms with Crippen molar-refractivity contribution < 1.29 is 13.2 Å². The fourth-order valence-corrected chi connectivity index (χ4v) is 6.42. The molecule has 3 rings (SSSR count). The van der Waals surface area contributed by atoms with E-state index >= 15 is 0 Å². The van der Waals surface area contributed by atoms with Crippen molar-refractivity contribution in [3.63, 3.8) is 0 Å². The van der Waals surface area contributed by atoms with Gasteiger partial charge in [0.15, 0.2) is 0 Å². The smallest absolute Gasteiger partial charge is 0.252 e. The standard InChI is InChI=1S/C17H27N3O3S2/c1-2-18-10-12-19(13-11-18)16(21)14-15-6-7-17(24-15)25(22,23)20-8-4-3-5-9-20/h6-7H,2-5,8-14H2,1H3. The molecule has 1 aromatic rings. The second kappa shape index (κ2) is 8.16. The Labute approximate surface area is 154 Å². The van der Waals surface area contributed by atoms with Gasteiger partial charge in [0, 0.05) is 44.1 Å². The highest BCUT2D eigenvalue weighted by Gasteiger charge is 2.28. The molecule has 0 radical (unpaired) electrons. The van der Waals surface area contributed by atoms with Crippen molar-refractivity contribution in [2.24, 2.45) is 0 Å². The van der Waals surface area contributed by atoms with E-state index in [1.165, 1.54) is 11.3 Å². The summed E-state index contributed by atoms with van der Waals surface area (Å²) in [6.45, 7) is 7.72. The molecule has 0 aliphatic carbocycles. The molecule has 2 aliphatic rings. The Hall–Kier alpha value is -0.960. The van der Waals surface area contributed by atoms with Gasteiger partial charge in [-0.25, -0.2) is 8.42 Å². The van der Waals surface area contributed by atoms with Gasteiger partial charge < -0.3 is 9.80 Å². The molecule has 8 heteroatoms. The highest BCUT2D eigenvalue weighted by molar-refractivity contribution is 7.91. The molecule has 0 aromatic carbocycles. The van der Waals surface area contributed by atoms with Crippen molar-refractivity contribution in [2.45, 2.75) is 36.8 Å². The minimum atomic E-state index is -3.39. The Morgan fingerprint density at radius 3 is 2.36 bits per heavy atom. The van der Waals surface area contributed by atoms with Crippen LogP contribution in [0.15, 0.2) is 16.3 Å². The van der Waals surface area contributed by atoms with Crippen LogP contribution < -0.4 is 0 Å². The summed E-state index contributed by atoms with van der Waals surface area (Å²) in [6, 6.07) is 3.45. The SMILES string of the molecule is CCN1CCN(C(=O)Cc2ccc(S(=O)(=O)N3CCCCC3)s2)CC1. The van der Waals surface area contributed by atoms with E-state index in [4.69, 9.17) is 0 Å². The number of thiophene rings is 1. The van der Waals surface area contributed by atoms with Crippen LogP contribution in [-0.2, 0) is 21.2 Å². The minimum Gasteiger partial charge on any atom is -0.340 e. The van der Waals surface area contributed by atoms with Crippen molar-refractivity contribution in [1.29, 1.82) is 0 Å². The van der Waals surface area contributed by atoms with Gasteiger partial charge in [0.1, 0.15) is 4.21 Å². The minimum absolute atomic E-state index is 0.0968. The fraction of sp³-hybridized carbons (Fsp3) is 0.706. The molecule has 2 saturated heterocycles. The Morgan fingerprint density at radius 2 is 1.72 bits per heavy atom. The van der Waals surface area contributed by atoms with Gasteiger partial charge in [0.05, 0.1) is 6.42 Å². The normalized spacial score (nSPS) is 20.8. The van der Waals surface area contributed by atoms with Gasteiger partial charge in [0.2, 0.25) is 5.91 Å². The number of carbonyl (C=O) groups excluding carboxylic acids is 1. The van der Waals surface area contributed by atoms with Crippen LogP contribution >= 0.6 is 11.3 Å². The molecule has 0 saturated carbocycles. The number of amides is 1. The highest BCUT2D eigenvalue weighted by atomic mass is 32.2. The summed E-state index contributed by atoms with van der Waals surface area (Å²) < 4.78 is 27.3. The first-order valence-electron chi connectivity index (χ1n) is 9.09. The van der Waals surface area contributed by atoms with Gasteiger partial charge in [-0.3, -0.25) is 4.79 Å². The average Bonchev–Trinajstić information content (AvgIpc) is 3.12. The number of sulfonamides is 1. The Bertz CT molecular complexity index is 688. The predicted octanol–water partition coefficient (Wildman–Crippen LogP) is 1.63. The first kappa shape index (κ1) is 18.8. The molecule has 140 valence electrons. The largest absolute Gasteiger partial charge is 0.340 e. The molecule has 1 amide bonds. The molecule has 0 atom stereocenters. The lowest BCUT2D eigenvalue weighted by Gasteiger charge is -2.34. The second-order valence-corrected chi connectivity index (χ2v) is 10.0. The number of likely N-dealkylation sites (N-methyl/N-ethyl adjacent to an activating group) is 1. The van der Waals surface area contributed by atoms with Crippen LogP contribution in [0.4, 0.5) is 0 Å². The molecular weight excluding hydrogens is 358 g/mol.